The summed E-state index contributed by atoms with van der Waals surface area (Å²) < 4.78 is 0. The van der Waals surface area contributed by atoms with Crippen LogP contribution in [0.1, 0.15) is 213 Å². The zero-order chi connectivity index (χ0) is 29.6. The van der Waals surface area contributed by atoms with Crippen LogP contribution in [-0.2, 0) is 9.59 Å². The summed E-state index contributed by atoms with van der Waals surface area (Å²) in [5, 5.41) is -0.240. The predicted molar refractivity (Wildman–Crippen MR) is 179 cm³/mol. The van der Waals surface area contributed by atoms with Crippen LogP contribution in [-0.4, -0.2) is 10.5 Å². The molecule has 0 fully saturated rings. The minimum atomic E-state index is -0.270. The Morgan fingerprint density at radius 1 is 0.400 bits per heavy atom. The van der Waals surface area contributed by atoms with E-state index in [1.807, 2.05) is 0 Å². The molecule has 0 rings (SSSR count). The zero-order valence-electron chi connectivity index (χ0n) is 27.0. The average molecular weight is 604 g/mol. The SMILES string of the molecule is CCCCCCCCCC(CCCCCCCCC)(CCCCCCCCCCCCCCCC(=O)Cl)C(=O)Cl. The summed E-state index contributed by atoms with van der Waals surface area (Å²) in [5.41, 5.74) is -0.270. The van der Waals surface area contributed by atoms with Crippen molar-refractivity contribution < 1.29 is 9.59 Å². The molecule has 0 aliphatic carbocycles. The van der Waals surface area contributed by atoms with Gasteiger partial charge < -0.3 is 0 Å². The van der Waals surface area contributed by atoms with Gasteiger partial charge in [-0.15, -0.1) is 0 Å². The third-order valence-corrected chi connectivity index (χ3v) is 9.55. The smallest absolute Gasteiger partial charge is 0.227 e. The molecule has 238 valence electrons. The third-order valence-electron chi connectivity index (χ3n) is 8.96. The van der Waals surface area contributed by atoms with E-state index in [0.29, 0.717) is 6.42 Å². The molecule has 0 aromatic carbocycles. The summed E-state index contributed by atoms with van der Waals surface area (Å²) in [4.78, 5) is 23.6. The van der Waals surface area contributed by atoms with E-state index in [1.54, 1.807) is 0 Å². The summed E-state index contributed by atoms with van der Waals surface area (Å²) in [6, 6.07) is 0. The molecule has 0 atom stereocenters. The van der Waals surface area contributed by atoms with Crippen LogP contribution in [0.2, 0.25) is 0 Å². The van der Waals surface area contributed by atoms with E-state index >= 15 is 0 Å². The Bertz CT molecular complexity index is 545. The quantitative estimate of drug-likeness (QED) is 0.0552. The van der Waals surface area contributed by atoms with Gasteiger partial charge >= 0.3 is 0 Å². The highest BCUT2D eigenvalue weighted by atomic mass is 35.5. The molecule has 4 heteroatoms. The lowest BCUT2D eigenvalue weighted by atomic mass is 9.75. The molecule has 0 aromatic heterocycles. The Morgan fingerprint density at radius 3 is 0.900 bits per heavy atom. The lowest BCUT2D eigenvalue weighted by Gasteiger charge is -2.30. The van der Waals surface area contributed by atoms with E-state index in [9.17, 15) is 9.59 Å². The average Bonchev–Trinajstić information content (AvgIpc) is 2.93. The van der Waals surface area contributed by atoms with Crippen molar-refractivity contribution >= 4 is 33.7 Å². The molecule has 0 radical (unpaired) electrons. The minimum absolute atomic E-state index is 0.0444. The van der Waals surface area contributed by atoms with Crippen molar-refractivity contribution in [2.75, 3.05) is 0 Å². The van der Waals surface area contributed by atoms with E-state index in [-0.39, 0.29) is 15.9 Å². The first kappa shape index (κ1) is 39.9. The Labute approximate surface area is 260 Å². The fourth-order valence-electron chi connectivity index (χ4n) is 6.18. The molecule has 0 N–H and O–H groups in total. The van der Waals surface area contributed by atoms with Gasteiger partial charge in [0.25, 0.3) is 0 Å². The van der Waals surface area contributed by atoms with Crippen LogP contribution in [0.15, 0.2) is 0 Å². The van der Waals surface area contributed by atoms with Crippen LogP contribution in [0, 0.1) is 5.41 Å². The van der Waals surface area contributed by atoms with Gasteiger partial charge in [-0.05, 0) is 48.9 Å². The Hall–Kier alpha value is -0.0800. The normalized spacial score (nSPS) is 11.8. The van der Waals surface area contributed by atoms with E-state index in [2.05, 4.69) is 13.8 Å². The number of halogens is 2. The summed E-state index contributed by atoms with van der Waals surface area (Å²) in [7, 11) is 0. The van der Waals surface area contributed by atoms with E-state index < -0.39 is 0 Å². The van der Waals surface area contributed by atoms with Crippen LogP contribution in [0.3, 0.4) is 0 Å². The van der Waals surface area contributed by atoms with Gasteiger partial charge in [-0.2, -0.15) is 0 Å². The van der Waals surface area contributed by atoms with E-state index in [0.717, 1.165) is 51.4 Å². The maximum atomic E-state index is 12.8. The van der Waals surface area contributed by atoms with Crippen molar-refractivity contribution in [3.63, 3.8) is 0 Å². The highest BCUT2D eigenvalue weighted by molar-refractivity contribution is 6.64. The topological polar surface area (TPSA) is 34.1 Å². The molecule has 2 nitrogen and oxygen atoms in total. The maximum Gasteiger partial charge on any atom is 0.227 e. The zero-order valence-corrected chi connectivity index (χ0v) is 28.5. The highest BCUT2D eigenvalue weighted by Crippen LogP contribution is 2.39. The van der Waals surface area contributed by atoms with Crippen molar-refractivity contribution in [2.45, 2.75) is 213 Å². The maximum absolute atomic E-state index is 12.8. The molecular weight excluding hydrogens is 535 g/mol. The standard InChI is InChI=1S/C36H68Cl2O2/c1-3-5-7-9-19-23-27-31-36(35(38)40,32-28-24-20-10-8-6-4-2)33-29-25-21-17-15-13-11-12-14-16-18-22-26-30-34(37)39/h3-33H2,1-2H3. The monoisotopic (exact) mass is 602 g/mol. The van der Waals surface area contributed by atoms with Gasteiger partial charge in [-0.1, -0.05) is 181 Å². The number of unbranched alkanes of at least 4 members (excludes halogenated alkanes) is 24. The van der Waals surface area contributed by atoms with Crippen LogP contribution >= 0.6 is 23.2 Å². The van der Waals surface area contributed by atoms with Crippen molar-refractivity contribution in [1.82, 2.24) is 0 Å². The molecular formula is C36H68Cl2O2. The van der Waals surface area contributed by atoms with Gasteiger partial charge in [0, 0.05) is 11.8 Å². The fraction of sp³-hybridized carbons (Fsp3) is 0.944. The molecule has 0 spiro atoms. The Kier molecular flexibility index (Phi) is 30.3. The number of carbonyl (C=O) groups is 2. The molecule has 0 aliphatic rings. The van der Waals surface area contributed by atoms with Crippen molar-refractivity contribution in [3.05, 3.63) is 0 Å². The molecule has 0 aromatic rings. The van der Waals surface area contributed by atoms with Gasteiger partial charge in [0.15, 0.2) is 0 Å². The Balaban J connectivity index is 4.19. The van der Waals surface area contributed by atoms with Crippen molar-refractivity contribution in [3.8, 4) is 0 Å². The predicted octanol–water partition coefficient (Wildman–Crippen LogP) is 13.6. The first-order valence-corrected chi connectivity index (χ1v) is 18.6. The summed E-state index contributed by atoms with van der Waals surface area (Å²) in [6.07, 6.45) is 38.0. The largest absolute Gasteiger partial charge is 0.281 e. The van der Waals surface area contributed by atoms with Crippen LogP contribution < -0.4 is 0 Å². The second kappa shape index (κ2) is 30.4. The van der Waals surface area contributed by atoms with Crippen molar-refractivity contribution in [1.29, 1.82) is 0 Å². The van der Waals surface area contributed by atoms with Gasteiger partial charge in [0.05, 0.1) is 0 Å². The first-order chi connectivity index (χ1) is 19.5. The van der Waals surface area contributed by atoms with Crippen LogP contribution in [0.4, 0.5) is 0 Å². The van der Waals surface area contributed by atoms with E-state index in [4.69, 9.17) is 23.2 Å². The summed E-state index contributed by atoms with van der Waals surface area (Å²) >= 11 is 11.8. The van der Waals surface area contributed by atoms with Gasteiger partial charge in [0.1, 0.15) is 0 Å². The summed E-state index contributed by atoms with van der Waals surface area (Å²) in [6.45, 7) is 4.54. The number of hydrogen-bond donors (Lipinski definition) is 0. The van der Waals surface area contributed by atoms with Crippen LogP contribution in [0.25, 0.3) is 0 Å². The summed E-state index contributed by atoms with van der Waals surface area (Å²) in [5.74, 6) is 0. The molecule has 0 saturated heterocycles. The molecule has 0 amide bonds. The van der Waals surface area contributed by atoms with Crippen LogP contribution in [0.5, 0.6) is 0 Å². The molecule has 0 saturated carbocycles. The highest BCUT2D eigenvalue weighted by Gasteiger charge is 2.35. The van der Waals surface area contributed by atoms with E-state index in [1.165, 1.54) is 141 Å². The lowest BCUT2D eigenvalue weighted by Crippen LogP contribution is -2.28. The van der Waals surface area contributed by atoms with Gasteiger partial charge in [-0.25, -0.2) is 0 Å². The van der Waals surface area contributed by atoms with Gasteiger partial charge in [0.2, 0.25) is 10.5 Å². The fourth-order valence-corrected chi connectivity index (χ4v) is 6.60. The molecule has 0 aliphatic heterocycles. The second-order valence-electron chi connectivity index (χ2n) is 12.7. The molecule has 40 heavy (non-hydrogen) atoms. The number of rotatable bonds is 33. The Morgan fingerprint density at radius 2 is 0.650 bits per heavy atom. The molecule has 0 unspecified atom stereocenters. The minimum Gasteiger partial charge on any atom is -0.281 e. The third kappa shape index (κ3) is 25.6. The molecule has 0 heterocycles. The number of carbonyl (C=O) groups excluding carboxylic acids is 2. The van der Waals surface area contributed by atoms with Gasteiger partial charge in [-0.3, -0.25) is 9.59 Å². The molecule has 0 bridgehead atoms. The van der Waals surface area contributed by atoms with Crippen molar-refractivity contribution in [2.24, 2.45) is 5.41 Å². The first-order valence-electron chi connectivity index (χ1n) is 17.9. The lowest BCUT2D eigenvalue weighted by molar-refractivity contribution is -0.122. The second-order valence-corrected chi connectivity index (χ2v) is 13.5. The number of hydrogen-bond acceptors (Lipinski definition) is 2.